The molecule has 5 nitrogen and oxygen atoms in total. The smallest absolute Gasteiger partial charge is 0.293 e. The van der Waals surface area contributed by atoms with Gasteiger partial charge in [0.2, 0.25) is 0 Å². The number of imide groups is 1. The number of carbonyl (C=O) groups excluding carboxylic acids is 2. The van der Waals surface area contributed by atoms with Crippen LogP contribution in [0.15, 0.2) is 38.1 Å². The van der Waals surface area contributed by atoms with Gasteiger partial charge < -0.3 is 9.84 Å². The number of benzene rings is 2. The summed E-state index contributed by atoms with van der Waals surface area (Å²) in [5, 5.41) is 10.8. The highest BCUT2D eigenvalue weighted by Gasteiger charge is 2.36. The first-order valence-corrected chi connectivity index (χ1v) is 10.8. The number of hydrogen-bond donors (Lipinski definition) is 1. The Morgan fingerprint density at radius 2 is 1.96 bits per heavy atom. The van der Waals surface area contributed by atoms with Crippen LogP contribution in [-0.4, -0.2) is 28.3 Å². The molecule has 28 heavy (non-hydrogen) atoms. The second-order valence-electron chi connectivity index (χ2n) is 5.64. The van der Waals surface area contributed by atoms with Crippen molar-refractivity contribution in [1.29, 1.82) is 0 Å². The van der Waals surface area contributed by atoms with Crippen molar-refractivity contribution in [3.8, 4) is 11.5 Å². The summed E-state index contributed by atoms with van der Waals surface area (Å²) in [5.74, 6) is -0.398. The molecule has 0 aromatic heterocycles. The zero-order chi connectivity index (χ0) is 20.6. The van der Waals surface area contributed by atoms with Gasteiger partial charge in [-0.05, 0) is 73.5 Å². The minimum Gasteiger partial charge on any atom is -0.504 e. The molecule has 3 rings (SSSR count). The molecule has 0 saturated carbocycles. The number of methoxy groups -OCH3 is 1. The van der Waals surface area contributed by atoms with Crippen molar-refractivity contribution < 1.29 is 19.4 Å². The molecule has 0 atom stereocenters. The lowest BCUT2D eigenvalue weighted by molar-refractivity contribution is -0.123. The van der Waals surface area contributed by atoms with Crippen LogP contribution in [0.5, 0.6) is 11.5 Å². The van der Waals surface area contributed by atoms with Crippen molar-refractivity contribution in [2.45, 2.75) is 6.54 Å². The standard InChI is InChI=1S/C18H11Br2Cl2NO4S/c1-27-13-6-11(19)15(20)10(16(13)24)5-14-17(25)23(18(26)28-14)7-8-2-3-9(21)4-12(8)22/h2-6,24H,7H2,1H3/b14-5-. The lowest BCUT2D eigenvalue weighted by Crippen LogP contribution is -2.27. The van der Waals surface area contributed by atoms with E-state index in [1.807, 2.05) is 0 Å². The van der Waals surface area contributed by atoms with E-state index in [1.54, 1.807) is 24.3 Å². The maximum absolute atomic E-state index is 12.8. The minimum absolute atomic E-state index is 0.0208. The number of phenols is 1. The van der Waals surface area contributed by atoms with Gasteiger partial charge in [0, 0.05) is 24.6 Å². The Bertz CT molecular complexity index is 1030. The van der Waals surface area contributed by atoms with E-state index in [4.69, 9.17) is 27.9 Å². The first-order valence-electron chi connectivity index (χ1n) is 7.67. The number of rotatable bonds is 4. The largest absolute Gasteiger partial charge is 0.504 e. The van der Waals surface area contributed by atoms with Crippen molar-refractivity contribution >= 4 is 84.0 Å². The summed E-state index contributed by atoms with van der Waals surface area (Å²) >= 11 is 19.5. The molecule has 10 heteroatoms. The fourth-order valence-corrected chi connectivity index (χ4v) is 4.61. The van der Waals surface area contributed by atoms with Crippen LogP contribution in [-0.2, 0) is 11.3 Å². The van der Waals surface area contributed by atoms with E-state index in [2.05, 4.69) is 31.9 Å². The Balaban J connectivity index is 1.95. The molecule has 2 aromatic carbocycles. The normalized spacial score (nSPS) is 15.6. The summed E-state index contributed by atoms with van der Waals surface area (Å²) < 4.78 is 6.28. The Morgan fingerprint density at radius 1 is 1.25 bits per heavy atom. The number of aromatic hydroxyl groups is 1. The molecule has 1 saturated heterocycles. The zero-order valence-electron chi connectivity index (χ0n) is 14.1. The predicted octanol–water partition coefficient (Wildman–Crippen LogP) is 6.47. The molecule has 2 amide bonds. The maximum atomic E-state index is 12.8. The van der Waals surface area contributed by atoms with Crippen LogP contribution < -0.4 is 4.74 Å². The molecule has 0 spiro atoms. The van der Waals surface area contributed by atoms with Crippen molar-refractivity contribution in [2.24, 2.45) is 0 Å². The third kappa shape index (κ3) is 4.21. The molecule has 0 radical (unpaired) electrons. The zero-order valence-corrected chi connectivity index (χ0v) is 19.6. The van der Waals surface area contributed by atoms with Crippen LogP contribution in [0.3, 0.4) is 0 Å². The predicted molar refractivity (Wildman–Crippen MR) is 118 cm³/mol. The average molecular weight is 568 g/mol. The fraction of sp³-hybridized carbons (Fsp3) is 0.111. The highest BCUT2D eigenvalue weighted by atomic mass is 79.9. The van der Waals surface area contributed by atoms with E-state index in [0.29, 0.717) is 30.1 Å². The van der Waals surface area contributed by atoms with E-state index in [9.17, 15) is 14.7 Å². The van der Waals surface area contributed by atoms with Gasteiger partial charge in [0.1, 0.15) is 0 Å². The molecule has 0 unspecified atom stereocenters. The van der Waals surface area contributed by atoms with Crippen LogP contribution in [0.4, 0.5) is 4.79 Å². The number of thioether (sulfide) groups is 1. The summed E-state index contributed by atoms with van der Waals surface area (Å²) in [4.78, 5) is 26.4. The Morgan fingerprint density at radius 3 is 2.61 bits per heavy atom. The van der Waals surface area contributed by atoms with E-state index in [0.717, 1.165) is 16.7 Å². The monoisotopic (exact) mass is 565 g/mol. The molecular weight excluding hydrogens is 557 g/mol. The number of carbonyl (C=O) groups is 2. The number of hydrogen-bond acceptors (Lipinski definition) is 5. The summed E-state index contributed by atoms with van der Waals surface area (Å²) in [6.07, 6.45) is 1.45. The topological polar surface area (TPSA) is 66.8 Å². The van der Waals surface area contributed by atoms with Crippen molar-refractivity contribution in [3.63, 3.8) is 0 Å². The van der Waals surface area contributed by atoms with Gasteiger partial charge in [-0.25, -0.2) is 0 Å². The molecule has 1 fully saturated rings. The SMILES string of the molecule is COc1cc(Br)c(Br)c(/C=C2\SC(=O)N(Cc3ccc(Cl)cc3Cl)C2=O)c1O. The second kappa shape index (κ2) is 8.67. The molecular formula is C18H11Br2Cl2NO4S. The number of halogens is 4. The third-order valence-electron chi connectivity index (χ3n) is 3.90. The highest BCUT2D eigenvalue weighted by molar-refractivity contribution is 9.13. The molecule has 1 aliphatic heterocycles. The quantitative estimate of drug-likeness (QED) is 0.429. The van der Waals surface area contributed by atoms with Gasteiger partial charge in [0.25, 0.3) is 11.1 Å². The average Bonchev–Trinajstić information content (AvgIpc) is 2.91. The molecule has 1 heterocycles. The maximum Gasteiger partial charge on any atom is 0.293 e. The van der Waals surface area contributed by atoms with Crippen LogP contribution in [0.25, 0.3) is 6.08 Å². The first-order chi connectivity index (χ1) is 13.2. The summed E-state index contributed by atoms with van der Waals surface area (Å²) in [5.41, 5.74) is 0.920. The van der Waals surface area contributed by atoms with Gasteiger partial charge >= 0.3 is 0 Å². The van der Waals surface area contributed by atoms with E-state index >= 15 is 0 Å². The van der Waals surface area contributed by atoms with E-state index in [1.165, 1.54) is 13.2 Å². The van der Waals surface area contributed by atoms with Gasteiger partial charge in [0.15, 0.2) is 11.5 Å². The van der Waals surface area contributed by atoms with Crippen molar-refractivity contribution in [2.75, 3.05) is 7.11 Å². The molecule has 1 N–H and O–H groups in total. The van der Waals surface area contributed by atoms with Gasteiger partial charge in [-0.15, -0.1) is 0 Å². The Hall–Kier alpha value is -1.19. The van der Waals surface area contributed by atoms with E-state index in [-0.39, 0.29) is 22.9 Å². The van der Waals surface area contributed by atoms with Crippen LogP contribution in [0.2, 0.25) is 10.0 Å². The van der Waals surface area contributed by atoms with Gasteiger partial charge in [-0.3, -0.25) is 14.5 Å². The Kier molecular flexibility index (Phi) is 6.66. The third-order valence-corrected chi connectivity index (χ3v) is 7.41. The van der Waals surface area contributed by atoms with E-state index < -0.39 is 11.1 Å². The summed E-state index contributed by atoms with van der Waals surface area (Å²) in [7, 11) is 1.42. The summed E-state index contributed by atoms with van der Waals surface area (Å²) in [6.45, 7) is 0.0208. The molecule has 1 aliphatic rings. The number of amides is 2. The fourth-order valence-electron chi connectivity index (χ4n) is 2.49. The lowest BCUT2D eigenvalue weighted by atomic mass is 10.1. The molecule has 2 aromatic rings. The molecule has 146 valence electrons. The Labute approximate surface area is 191 Å². The number of ether oxygens (including phenoxy) is 1. The van der Waals surface area contributed by atoms with Gasteiger partial charge in [-0.2, -0.15) is 0 Å². The van der Waals surface area contributed by atoms with Gasteiger partial charge in [0.05, 0.1) is 18.6 Å². The number of nitrogens with zero attached hydrogens (tertiary/aromatic N) is 1. The minimum atomic E-state index is -0.480. The molecule has 0 bridgehead atoms. The second-order valence-corrected chi connectivity index (χ2v) is 9.12. The van der Waals surface area contributed by atoms with Crippen molar-refractivity contribution in [1.82, 2.24) is 4.90 Å². The van der Waals surface area contributed by atoms with Crippen LogP contribution in [0.1, 0.15) is 11.1 Å². The lowest BCUT2D eigenvalue weighted by Gasteiger charge is -2.14. The number of phenolic OH excluding ortho intramolecular Hbond substituents is 1. The summed E-state index contributed by atoms with van der Waals surface area (Å²) in [6, 6.07) is 6.45. The highest BCUT2D eigenvalue weighted by Crippen LogP contribution is 2.43. The van der Waals surface area contributed by atoms with Crippen LogP contribution >= 0.6 is 66.8 Å². The van der Waals surface area contributed by atoms with Crippen molar-refractivity contribution in [3.05, 3.63) is 59.3 Å². The molecule has 0 aliphatic carbocycles. The van der Waals surface area contributed by atoms with Crippen LogP contribution in [0, 0.1) is 0 Å². The first kappa shape index (κ1) is 21.5. The van der Waals surface area contributed by atoms with Gasteiger partial charge in [-0.1, -0.05) is 29.3 Å².